The zero-order valence-corrected chi connectivity index (χ0v) is 18.7. The van der Waals surface area contributed by atoms with Gasteiger partial charge in [0.2, 0.25) is 0 Å². The van der Waals surface area contributed by atoms with Crippen molar-refractivity contribution in [1.82, 2.24) is 4.90 Å². The van der Waals surface area contributed by atoms with Crippen molar-refractivity contribution in [2.45, 2.75) is 19.9 Å². The van der Waals surface area contributed by atoms with Crippen LogP contribution in [0.4, 0.5) is 10.1 Å². The minimum absolute atomic E-state index is 0.178. The van der Waals surface area contributed by atoms with Crippen LogP contribution in [0.25, 0.3) is 5.57 Å². The van der Waals surface area contributed by atoms with E-state index >= 15 is 0 Å². The van der Waals surface area contributed by atoms with E-state index in [0.717, 1.165) is 39.5 Å². The number of carbonyl (C=O) groups excluding carboxylic acids is 2. The summed E-state index contributed by atoms with van der Waals surface area (Å²) in [6.07, 6.45) is 0.806. The van der Waals surface area contributed by atoms with Crippen molar-refractivity contribution < 1.29 is 14.0 Å². The molecule has 29 heavy (non-hydrogen) atoms. The second-order valence-electron chi connectivity index (χ2n) is 6.71. The quantitative estimate of drug-likeness (QED) is 0.440. The molecule has 2 aliphatic rings. The van der Waals surface area contributed by atoms with Gasteiger partial charge in [0.25, 0.3) is 11.8 Å². The molecule has 0 N–H and O–H groups in total. The Labute approximate surface area is 185 Å². The van der Waals surface area contributed by atoms with Crippen LogP contribution in [0.3, 0.4) is 0 Å². The van der Waals surface area contributed by atoms with Crippen LogP contribution in [0.2, 0.25) is 0 Å². The maximum Gasteiger partial charge on any atom is 0.267 e. The third kappa shape index (κ3) is 3.65. The summed E-state index contributed by atoms with van der Waals surface area (Å²) in [5.74, 6) is -0.810. The van der Waals surface area contributed by atoms with Crippen LogP contribution in [0.1, 0.15) is 24.5 Å². The minimum atomic E-state index is -0.337. The van der Waals surface area contributed by atoms with Gasteiger partial charge in [-0.25, -0.2) is 4.39 Å². The van der Waals surface area contributed by atoms with Gasteiger partial charge in [0.15, 0.2) is 0 Å². The van der Waals surface area contributed by atoms with Crippen molar-refractivity contribution in [3.8, 4) is 0 Å². The van der Waals surface area contributed by atoms with Crippen molar-refractivity contribution in [3.05, 3.63) is 68.8 Å². The number of thioether (sulfide) groups is 1. The maximum atomic E-state index is 13.2. The SMILES string of the molecule is CCCN1C(=O)/C(=C2/SC(=S)N(Cc3ccc(F)cc3)C2=O)c2cc(Br)ccc21. The normalized spacial score (nSPS) is 18.8. The van der Waals surface area contributed by atoms with Crippen molar-refractivity contribution in [3.63, 3.8) is 0 Å². The molecule has 0 radical (unpaired) electrons. The molecule has 2 aliphatic heterocycles. The molecule has 4 rings (SSSR count). The van der Waals surface area contributed by atoms with Crippen molar-refractivity contribution in [2.75, 3.05) is 11.4 Å². The molecule has 4 nitrogen and oxygen atoms in total. The van der Waals surface area contributed by atoms with Crippen LogP contribution < -0.4 is 4.90 Å². The molecule has 0 saturated carbocycles. The monoisotopic (exact) mass is 490 g/mol. The first-order valence-corrected chi connectivity index (χ1v) is 11.1. The van der Waals surface area contributed by atoms with Gasteiger partial charge in [-0.1, -0.05) is 59.0 Å². The first-order chi connectivity index (χ1) is 13.9. The number of thiocarbonyl (C=S) groups is 1. The van der Waals surface area contributed by atoms with Gasteiger partial charge in [-0.15, -0.1) is 0 Å². The fourth-order valence-corrected chi connectivity index (χ4v) is 5.11. The molecule has 0 bridgehead atoms. The average molecular weight is 491 g/mol. The highest BCUT2D eigenvalue weighted by molar-refractivity contribution is 9.10. The molecule has 2 heterocycles. The van der Waals surface area contributed by atoms with Gasteiger partial charge >= 0.3 is 0 Å². The van der Waals surface area contributed by atoms with Crippen LogP contribution in [0, 0.1) is 5.82 Å². The summed E-state index contributed by atoms with van der Waals surface area (Å²) in [4.78, 5) is 29.9. The minimum Gasteiger partial charge on any atom is -0.308 e. The lowest BCUT2D eigenvalue weighted by molar-refractivity contribution is -0.122. The molecule has 1 saturated heterocycles. The molecule has 0 spiro atoms. The molecule has 0 atom stereocenters. The number of hydrogen-bond donors (Lipinski definition) is 0. The van der Waals surface area contributed by atoms with Gasteiger partial charge in [0, 0.05) is 16.6 Å². The van der Waals surface area contributed by atoms with Gasteiger partial charge in [0.1, 0.15) is 10.1 Å². The lowest BCUT2D eigenvalue weighted by Gasteiger charge is -2.15. The van der Waals surface area contributed by atoms with Gasteiger partial charge in [-0.05, 0) is 42.3 Å². The zero-order valence-electron chi connectivity index (χ0n) is 15.4. The lowest BCUT2D eigenvalue weighted by Crippen LogP contribution is -2.29. The zero-order chi connectivity index (χ0) is 20.7. The number of fused-ring (bicyclic) bond motifs is 1. The molecular weight excluding hydrogens is 475 g/mol. The summed E-state index contributed by atoms with van der Waals surface area (Å²) in [6.45, 7) is 2.82. The molecular formula is C21H16BrFN2O2S2. The number of anilines is 1. The first kappa shape index (κ1) is 20.3. The molecule has 1 fully saturated rings. The number of rotatable bonds is 4. The van der Waals surface area contributed by atoms with E-state index in [9.17, 15) is 14.0 Å². The maximum absolute atomic E-state index is 13.2. The van der Waals surface area contributed by atoms with Crippen LogP contribution in [-0.2, 0) is 16.1 Å². The molecule has 2 aromatic carbocycles. The Morgan fingerprint density at radius 1 is 1.07 bits per heavy atom. The van der Waals surface area contributed by atoms with Crippen LogP contribution in [0.5, 0.6) is 0 Å². The number of nitrogens with zero attached hydrogens (tertiary/aromatic N) is 2. The van der Waals surface area contributed by atoms with Gasteiger partial charge in [-0.2, -0.15) is 0 Å². The smallest absolute Gasteiger partial charge is 0.267 e. The summed E-state index contributed by atoms with van der Waals surface area (Å²) in [5, 5.41) is 0. The number of amides is 2. The molecule has 8 heteroatoms. The summed E-state index contributed by atoms with van der Waals surface area (Å²) in [7, 11) is 0. The number of halogens is 2. The fraction of sp³-hybridized carbons (Fsp3) is 0.190. The molecule has 0 aliphatic carbocycles. The van der Waals surface area contributed by atoms with Gasteiger partial charge in [-0.3, -0.25) is 14.5 Å². The Balaban J connectivity index is 1.74. The van der Waals surface area contributed by atoms with Crippen LogP contribution >= 0.6 is 39.9 Å². The topological polar surface area (TPSA) is 40.6 Å². The van der Waals surface area contributed by atoms with E-state index in [-0.39, 0.29) is 24.2 Å². The predicted octanol–water partition coefficient (Wildman–Crippen LogP) is 5.12. The van der Waals surface area contributed by atoms with E-state index in [4.69, 9.17) is 12.2 Å². The molecule has 0 aromatic heterocycles. The molecule has 2 amide bonds. The molecule has 148 valence electrons. The number of carbonyl (C=O) groups is 2. The summed E-state index contributed by atoms with van der Waals surface area (Å²) in [6, 6.07) is 11.6. The Morgan fingerprint density at radius 2 is 1.79 bits per heavy atom. The van der Waals surface area contributed by atoms with Gasteiger partial charge < -0.3 is 4.90 Å². The standard InChI is InChI=1S/C21H16BrFN2O2S2/c1-2-9-24-16-8-5-13(22)10-15(16)17(19(24)26)18-20(27)25(21(28)29-18)11-12-3-6-14(23)7-4-12/h3-8,10H,2,9,11H2,1H3/b18-17+. The Morgan fingerprint density at radius 3 is 2.48 bits per heavy atom. The van der Waals surface area contributed by atoms with Gasteiger partial charge in [0.05, 0.1) is 22.7 Å². The van der Waals surface area contributed by atoms with Crippen LogP contribution in [0.15, 0.2) is 51.8 Å². The van der Waals surface area contributed by atoms with E-state index in [1.807, 2.05) is 25.1 Å². The molecule has 2 aromatic rings. The van der Waals surface area contributed by atoms with Crippen molar-refractivity contribution in [2.24, 2.45) is 0 Å². The summed E-state index contributed by atoms with van der Waals surface area (Å²) >= 11 is 10.0. The highest BCUT2D eigenvalue weighted by atomic mass is 79.9. The average Bonchev–Trinajstić information content (AvgIpc) is 3.11. The van der Waals surface area contributed by atoms with E-state index in [2.05, 4.69) is 15.9 Å². The highest BCUT2D eigenvalue weighted by Crippen LogP contribution is 2.45. The third-order valence-corrected chi connectivity index (χ3v) is 6.70. The summed E-state index contributed by atoms with van der Waals surface area (Å²) < 4.78 is 14.4. The van der Waals surface area contributed by atoms with E-state index in [1.165, 1.54) is 17.0 Å². The third-order valence-electron chi connectivity index (χ3n) is 4.76. The fourth-order valence-electron chi connectivity index (χ4n) is 3.43. The molecule has 0 unspecified atom stereocenters. The highest BCUT2D eigenvalue weighted by Gasteiger charge is 2.41. The van der Waals surface area contributed by atoms with E-state index in [0.29, 0.717) is 21.3 Å². The number of benzene rings is 2. The second kappa shape index (κ2) is 8.01. The largest absolute Gasteiger partial charge is 0.308 e. The predicted molar refractivity (Wildman–Crippen MR) is 121 cm³/mol. The van der Waals surface area contributed by atoms with Crippen molar-refractivity contribution >= 4 is 67.3 Å². The Hall–Kier alpha value is -2.03. The van der Waals surface area contributed by atoms with Crippen LogP contribution in [-0.4, -0.2) is 27.6 Å². The van der Waals surface area contributed by atoms with E-state index < -0.39 is 0 Å². The van der Waals surface area contributed by atoms with E-state index in [1.54, 1.807) is 17.0 Å². The number of hydrogen-bond acceptors (Lipinski definition) is 4. The Bertz CT molecular complexity index is 1070. The summed E-state index contributed by atoms with van der Waals surface area (Å²) in [5.41, 5.74) is 2.70. The second-order valence-corrected chi connectivity index (χ2v) is 9.27. The lowest BCUT2D eigenvalue weighted by atomic mass is 10.1. The Kier molecular flexibility index (Phi) is 5.59. The van der Waals surface area contributed by atoms with Crippen molar-refractivity contribution in [1.29, 1.82) is 0 Å². The first-order valence-electron chi connectivity index (χ1n) is 9.05.